The molecule has 0 heterocycles. The first kappa shape index (κ1) is 11.4. The van der Waals surface area contributed by atoms with Crippen molar-refractivity contribution in [3.8, 4) is 6.07 Å². The molecule has 1 amide bonds. The molecule has 0 bridgehead atoms. The third-order valence-corrected chi connectivity index (χ3v) is 4.17. The lowest BCUT2D eigenvalue weighted by Gasteiger charge is -2.51. The molecule has 4 heteroatoms. The topological polar surface area (TPSA) is 62.1 Å². The number of ether oxygens (including phenoxy) is 1. The fourth-order valence-electron chi connectivity index (χ4n) is 2.34. The Hall–Kier alpha value is -1.08. The monoisotopic (exact) mass is 222 g/mol. The minimum Gasteiger partial charge on any atom is -0.381 e. The van der Waals surface area contributed by atoms with Gasteiger partial charge in [-0.1, -0.05) is 13.8 Å². The highest BCUT2D eigenvalue weighted by atomic mass is 16.5. The van der Waals surface area contributed by atoms with Gasteiger partial charge in [-0.2, -0.15) is 5.26 Å². The summed E-state index contributed by atoms with van der Waals surface area (Å²) in [5.41, 5.74) is -0.746. The van der Waals surface area contributed by atoms with Crippen LogP contribution < -0.4 is 5.32 Å². The molecule has 0 aromatic carbocycles. The number of methoxy groups -OCH3 is 1. The molecule has 1 N–H and O–H groups in total. The van der Waals surface area contributed by atoms with Crippen LogP contribution in [0.5, 0.6) is 0 Å². The second-order valence-corrected chi connectivity index (χ2v) is 5.50. The molecule has 2 rings (SSSR count). The maximum atomic E-state index is 11.9. The van der Waals surface area contributed by atoms with Crippen LogP contribution in [0.15, 0.2) is 0 Å². The smallest absolute Gasteiger partial charge is 0.240 e. The van der Waals surface area contributed by atoms with Crippen molar-refractivity contribution >= 4 is 5.91 Å². The van der Waals surface area contributed by atoms with Crippen LogP contribution in [0.25, 0.3) is 0 Å². The Morgan fingerprint density at radius 1 is 1.50 bits per heavy atom. The Balaban J connectivity index is 1.94. The molecule has 88 valence electrons. The van der Waals surface area contributed by atoms with Gasteiger partial charge in [-0.15, -0.1) is 0 Å². The molecule has 2 unspecified atom stereocenters. The minimum atomic E-state index is -0.714. The SMILES string of the molecule is COC1CC(NC(=O)C2(C#N)CC2)C1(C)C. The maximum Gasteiger partial charge on any atom is 0.240 e. The van der Waals surface area contributed by atoms with E-state index >= 15 is 0 Å². The zero-order valence-electron chi connectivity index (χ0n) is 10.0. The lowest BCUT2D eigenvalue weighted by molar-refractivity contribution is -0.135. The quantitative estimate of drug-likeness (QED) is 0.781. The molecule has 4 nitrogen and oxygen atoms in total. The Bertz CT molecular complexity index is 353. The largest absolute Gasteiger partial charge is 0.381 e. The number of hydrogen-bond donors (Lipinski definition) is 1. The normalized spacial score (nSPS) is 33.4. The van der Waals surface area contributed by atoms with Gasteiger partial charge < -0.3 is 10.1 Å². The number of carbonyl (C=O) groups excluding carboxylic acids is 1. The first-order valence-corrected chi connectivity index (χ1v) is 5.71. The van der Waals surface area contributed by atoms with Gasteiger partial charge in [0.15, 0.2) is 0 Å². The van der Waals surface area contributed by atoms with Crippen molar-refractivity contribution in [1.82, 2.24) is 5.32 Å². The Kier molecular flexibility index (Phi) is 2.47. The van der Waals surface area contributed by atoms with E-state index in [0.717, 1.165) is 6.42 Å². The molecule has 2 atom stereocenters. The van der Waals surface area contributed by atoms with Crippen molar-refractivity contribution in [3.05, 3.63) is 0 Å². The molecule has 0 radical (unpaired) electrons. The lowest BCUT2D eigenvalue weighted by atomic mass is 9.64. The van der Waals surface area contributed by atoms with E-state index < -0.39 is 5.41 Å². The van der Waals surface area contributed by atoms with E-state index in [1.807, 2.05) is 0 Å². The molecule has 2 fully saturated rings. The van der Waals surface area contributed by atoms with Crippen molar-refractivity contribution in [2.75, 3.05) is 7.11 Å². The first-order chi connectivity index (χ1) is 7.46. The fourth-order valence-corrected chi connectivity index (χ4v) is 2.34. The summed E-state index contributed by atoms with van der Waals surface area (Å²) in [7, 11) is 1.70. The average Bonchev–Trinajstić information content (AvgIpc) is 3.04. The molecule has 2 aliphatic carbocycles. The van der Waals surface area contributed by atoms with Crippen molar-refractivity contribution in [1.29, 1.82) is 5.26 Å². The summed E-state index contributed by atoms with van der Waals surface area (Å²) < 4.78 is 5.32. The van der Waals surface area contributed by atoms with Crippen LogP contribution in [-0.2, 0) is 9.53 Å². The molecule has 0 spiro atoms. The lowest BCUT2D eigenvalue weighted by Crippen LogP contribution is -2.62. The third kappa shape index (κ3) is 1.51. The summed E-state index contributed by atoms with van der Waals surface area (Å²) in [5.74, 6) is -0.0948. The molecule has 16 heavy (non-hydrogen) atoms. The summed E-state index contributed by atoms with van der Waals surface area (Å²) in [6, 6.07) is 2.25. The Morgan fingerprint density at radius 3 is 2.50 bits per heavy atom. The number of nitriles is 1. The van der Waals surface area contributed by atoms with Gasteiger partial charge in [0.05, 0.1) is 12.2 Å². The number of hydrogen-bond acceptors (Lipinski definition) is 3. The zero-order chi connectivity index (χ0) is 12.0. The second kappa shape index (κ2) is 3.46. The molecule has 0 aromatic rings. The first-order valence-electron chi connectivity index (χ1n) is 5.71. The van der Waals surface area contributed by atoms with Crippen molar-refractivity contribution in [3.63, 3.8) is 0 Å². The van der Waals surface area contributed by atoms with Crippen LogP contribution in [0, 0.1) is 22.2 Å². The highest BCUT2D eigenvalue weighted by molar-refractivity contribution is 5.88. The molecule has 2 saturated carbocycles. The van der Waals surface area contributed by atoms with Crippen LogP contribution >= 0.6 is 0 Å². The van der Waals surface area contributed by atoms with Gasteiger partial charge in [-0.05, 0) is 19.3 Å². The van der Waals surface area contributed by atoms with Crippen LogP contribution in [0.1, 0.15) is 33.1 Å². The van der Waals surface area contributed by atoms with Gasteiger partial charge in [0.2, 0.25) is 5.91 Å². The number of nitrogens with one attached hydrogen (secondary N) is 1. The van der Waals surface area contributed by atoms with Crippen LogP contribution in [0.2, 0.25) is 0 Å². The summed E-state index contributed by atoms with van der Waals surface area (Å²) in [6.45, 7) is 4.17. The number of amides is 1. The molecular weight excluding hydrogens is 204 g/mol. The Labute approximate surface area is 96.0 Å². The number of nitrogens with zero attached hydrogens (tertiary/aromatic N) is 1. The van der Waals surface area contributed by atoms with Crippen molar-refractivity contribution < 1.29 is 9.53 Å². The summed E-state index contributed by atoms with van der Waals surface area (Å²) in [5, 5.41) is 11.9. The number of rotatable bonds is 3. The summed E-state index contributed by atoms with van der Waals surface area (Å²) >= 11 is 0. The second-order valence-electron chi connectivity index (χ2n) is 5.50. The van der Waals surface area contributed by atoms with E-state index in [2.05, 4.69) is 25.2 Å². The van der Waals surface area contributed by atoms with E-state index in [1.165, 1.54) is 0 Å². The molecular formula is C12H18N2O2. The van der Waals surface area contributed by atoms with E-state index in [1.54, 1.807) is 7.11 Å². The average molecular weight is 222 g/mol. The van der Waals surface area contributed by atoms with Crippen LogP contribution in [0.3, 0.4) is 0 Å². The third-order valence-electron chi connectivity index (χ3n) is 4.17. The van der Waals surface area contributed by atoms with E-state index in [4.69, 9.17) is 10.00 Å². The predicted molar refractivity (Wildman–Crippen MR) is 58.4 cm³/mol. The predicted octanol–water partition coefficient (Wildman–Crippen LogP) is 1.22. The van der Waals surface area contributed by atoms with Gasteiger partial charge >= 0.3 is 0 Å². The standard InChI is InChI=1S/C12H18N2O2/c1-11(2)8(6-9(11)16-3)14-10(15)12(7-13)4-5-12/h8-9H,4-6H2,1-3H3,(H,14,15). The van der Waals surface area contributed by atoms with Crippen molar-refractivity contribution in [2.45, 2.75) is 45.3 Å². The molecule has 0 saturated heterocycles. The van der Waals surface area contributed by atoms with Gasteiger partial charge in [0.1, 0.15) is 5.41 Å². The minimum absolute atomic E-state index is 0.0318. The summed E-state index contributed by atoms with van der Waals surface area (Å²) in [6.07, 6.45) is 2.46. The fraction of sp³-hybridized carbons (Fsp3) is 0.833. The summed E-state index contributed by atoms with van der Waals surface area (Å²) in [4.78, 5) is 11.9. The van der Waals surface area contributed by atoms with Crippen LogP contribution in [0.4, 0.5) is 0 Å². The molecule has 0 aliphatic heterocycles. The molecule has 0 aromatic heterocycles. The van der Waals surface area contributed by atoms with E-state index in [0.29, 0.717) is 12.8 Å². The highest BCUT2D eigenvalue weighted by Gasteiger charge is 2.55. The molecule has 2 aliphatic rings. The highest BCUT2D eigenvalue weighted by Crippen LogP contribution is 2.47. The van der Waals surface area contributed by atoms with Crippen LogP contribution in [-0.4, -0.2) is 25.2 Å². The maximum absolute atomic E-state index is 11.9. The van der Waals surface area contributed by atoms with Crippen molar-refractivity contribution in [2.24, 2.45) is 10.8 Å². The number of carbonyl (C=O) groups is 1. The van der Waals surface area contributed by atoms with E-state index in [-0.39, 0.29) is 23.5 Å². The zero-order valence-corrected chi connectivity index (χ0v) is 10.0. The Morgan fingerprint density at radius 2 is 2.12 bits per heavy atom. The van der Waals surface area contributed by atoms with E-state index in [9.17, 15) is 4.79 Å². The van der Waals surface area contributed by atoms with Gasteiger partial charge in [-0.3, -0.25) is 4.79 Å². The van der Waals surface area contributed by atoms with Gasteiger partial charge in [0, 0.05) is 18.6 Å². The van der Waals surface area contributed by atoms with Gasteiger partial charge in [0.25, 0.3) is 0 Å². The van der Waals surface area contributed by atoms with Gasteiger partial charge in [-0.25, -0.2) is 0 Å².